The minimum atomic E-state index is -0.468. The summed E-state index contributed by atoms with van der Waals surface area (Å²) in [7, 11) is 0. The molecule has 0 spiro atoms. The minimum absolute atomic E-state index is 0.0704. The summed E-state index contributed by atoms with van der Waals surface area (Å²) < 4.78 is 10.8. The molecular formula is C20H22N2O4. The Bertz CT molecular complexity index is 771. The van der Waals surface area contributed by atoms with Gasteiger partial charge in [0, 0.05) is 13.1 Å². The first kappa shape index (κ1) is 17.8. The Morgan fingerprint density at radius 1 is 1.04 bits per heavy atom. The topological polar surface area (TPSA) is 81.9 Å². The summed E-state index contributed by atoms with van der Waals surface area (Å²) in [4.78, 5) is 26.1. The predicted octanol–water partition coefficient (Wildman–Crippen LogP) is 2.63. The second-order valence-electron chi connectivity index (χ2n) is 6.19. The van der Waals surface area contributed by atoms with E-state index in [1.54, 1.807) is 17.0 Å². The highest BCUT2D eigenvalue weighted by atomic mass is 16.5. The summed E-state index contributed by atoms with van der Waals surface area (Å²) in [5.74, 6) is -0.227. The van der Waals surface area contributed by atoms with Crippen LogP contribution in [0.1, 0.15) is 28.8 Å². The standard InChI is InChI=1S/C20H22N2O4/c21-17-9-8-16(20(24)26-13-15-6-2-1-3-7-15)12-18(17)25-14-19(23)22-10-4-5-11-22/h1-3,6-9,12H,4-5,10-11,13-14,21H2. The number of hydrogen-bond donors (Lipinski definition) is 1. The molecule has 136 valence electrons. The zero-order chi connectivity index (χ0) is 18.4. The number of anilines is 1. The van der Waals surface area contributed by atoms with E-state index in [4.69, 9.17) is 15.2 Å². The molecule has 1 heterocycles. The Labute approximate surface area is 152 Å². The monoisotopic (exact) mass is 354 g/mol. The van der Waals surface area contributed by atoms with Crippen LogP contribution in [0.25, 0.3) is 0 Å². The van der Waals surface area contributed by atoms with Crippen LogP contribution in [0.15, 0.2) is 48.5 Å². The van der Waals surface area contributed by atoms with E-state index < -0.39 is 5.97 Å². The van der Waals surface area contributed by atoms with Gasteiger partial charge >= 0.3 is 5.97 Å². The maximum Gasteiger partial charge on any atom is 0.338 e. The van der Waals surface area contributed by atoms with E-state index in [0.717, 1.165) is 31.5 Å². The molecule has 2 aromatic carbocycles. The number of nitrogens with zero attached hydrogens (tertiary/aromatic N) is 1. The van der Waals surface area contributed by atoms with Crippen molar-refractivity contribution in [1.29, 1.82) is 0 Å². The van der Waals surface area contributed by atoms with Crippen LogP contribution in [0, 0.1) is 0 Å². The molecule has 26 heavy (non-hydrogen) atoms. The van der Waals surface area contributed by atoms with Gasteiger partial charge in [0.05, 0.1) is 11.3 Å². The van der Waals surface area contributed by atoms with Crippen molar-refractivity contribution in [2.75, 3.05) is 25.4 Å². The fourth-order valence-corrected chi connectivity index (χ4v) is 2.79. The molecule has 0 radical (unpaired) electrons. The van der Waals surface area contributed by atoms with Gasteiger partial charge in [0.1, 0.15) is 12.4 Å². The van der Waals surface area contributed by atoms with Gasteiger partial charge in [0.15, 0.2) is 6.61 Å². The lowest BCUT2D eigenvalue weighted by Gasteiger charge is -2.16. The SMILES string of the molecule is Nc1ccc(C(=O)OCc2ccccc2)cc1OCC(=O)N1CCCC1. The highest BCUT2D eigenvalue weighted by Crippen LogP contribution is 2.24. The quantitative estimate of drug-likeness (QED) is 0.637. The number of benzene rings is 2. The average Bonchev–Trinajstić information content (AvgIpc) is 3.21. The first-order valence-corrected chi connectivity index (χ1v) is 8.64. The lowest BCUT2D eigenvalue weighted by atomic mass is 10.2. The maximum absolute atomic E-state index is 12.2. The van der Waals surface area contributed by atoms with Crippen molar-refractivity contribution in [2.45, 2.75) is 19.4 Å². The first-order valence-electron chi connectivity index (χ1n) is 8.64. The molecule has 2 N–H and O–H groups in total. The second kappa shape index (κ2) is 8.38. The Morgan fingerprint density at radius 3 is 2.50 bits per heavy atom. The fourth-order valence-electron chi connectivity index (χ4n) is 2.79. The van der Waals surface area contributed by atoms with Crippen LogP contribution in [-0.2, 0) is 16.1 Å². The van der Waals surface area contributed by atoms with E-state index in [-0.39, 0.29) is 19.1 Å². The maximum atomic E-state index is 12.2. The van der Waals surface area contributed by atoms with Crippen LogP contribution < -0.4 is 10.5 Å². The molecule has 1 amide bonds. The number of nitrogens with two attached hydrogens (primary N) is 1. The normalized spacial score (nSPS) is 13.5. The van der Waals surface area contributed by atoms with Crippen molar-refractivity contribution < 1.29 is 19.1 Å². The van der Waals surface area contributed by atoms with E-state index >= 15 is 0 Å². The summed E-state index contributed by atoms with van der Waals surface area (Å²) in [6.45, 7) is 1.63. The number of rotatable bonds is 6. The van der Waals surface area contributed by atoms with Crippen molar-refractivity contribution in [1.82, 2.24) is 4.90 Å². The molecule has 0 aromatic heterocycles. The zero-order valence-electron chi connectivity index (χ0n) is 14.5. The molecule has 0 atom stereocenters. The third-order valence-electron chi connectivity index (χ3n) is 4.27. The van der Waals surface area contributed by atoms with Gasteiger partial charge in [0.2, 0.25) is 0 Å². The Morgan fingerprint density at radius 2 is 1.77 bits per heavy atom. The summed E-state index contributed by atoms with van der Waals surface area (Å²) in [5, 5.41) is 0. The van der Waals surface area contributed by atoms with Gasteiger partial charge < -0.3 is 20.1 Å². The predicted molar refractivity (Wildman–Crippen MR) is 97.7 cm³/mol. The molecule has 0 unspecified atom stereocenters. The molecule has 0 bridgehead atoms. The number of amides is 1. The van der Waals surface area contributed by atoms with E-state index in [9.17, 15) is 9.59 Å². The third-order valence-corrected chi connectivity index (χ3v) is 4.27. The number of carbonyl (C=O) groups is 2. The summed E-state index contributed by atoms with van der Waals surface area (Å²) in [6, 6.07) is 14.1. The van der Waals surface area contributed by atoms with E-state index in [0.29, 0.717) is 17.0 Å². The number of nitrogen functional groups attached to an aromatic ring is 1. The summed E-state index contributed by atoms with van der Waals surface area (Å²) in [5.41, 5.74) is 7.50. The van der Waals surface area contributed by atoms with Crippen LogP contribution >= 0.6 is 0 Å². The van der Waals surface area contributed by atoms with Gasteiger partial charge in [-0.3, -0.25) is 4.79 Å². The van der Waals surface area contributed by atoms with Gasteiger partial charge in [-0.05, 0) is 36.6 Å². The van der Waals surface area contributed by atoms with Crippen LogP contribution in [0.5, 0.6) is 5.75 Å². The first-order chi connectivity index (χ1) is 12.6. The van der Waals surface area contributed by atoms with Crippen molar-refractivity contribution in [2.24, 2.45) is 0 Å². The molecule has 0 aliphatic carbocycles. The van der Waals surface area contributed by atoms with E-state index in [2.05, 4.69) is 0 Å². The molecule has 6 nitrogen and oxygen atoms in total. The van der Waals surface area contributed by atoms with Crippen molar-refractivity contribution in [3.8, 4) is 5.75 Å². The number of likely N-dealkylation sites (tertiary alicyclic amines) is 1. The van der Waals surface area contributed by atoms with Gasteiger partial charge in [-0.15, -0.1) is 0 Å². The van der Waals surface area contributed by atoms with Crippen LogP contribution in [-0.4, -0.2) is 36.5 Å². The Hall–Kier alpha value is -3.02. The number of esters is 1. The Kier molecular flexibility index (Phi) is 5.73. The molecule has 1 aliphatic rings. The van der Waals surface area contributed by atoms with Crippen LogP contribution in [0.4, 0.5) is 5.69 Å². The highest BCUT2D eigenvalue weighted by molar-refractivity contribution is 5.90. The largest absolute Gasteiger partial charge is 0.482 e. The molecular weight excluding hydrogens is 332 g/mol. The van der Waals surface area contributed by atoms with Gasteiger partial charge in [0.25, 0.3) is 5.91 Å². The minimum Gasteiger partial charge on any atom is -0.482 e. The Balaban J connectivity index is 1.59. The molecule has 1 saturated heterocycles. The fraction of sp³-hybridized carbons (Fsp3) is 0.300. The highest BCUT2D eigenvalue weighted by Gasteiger charge is 2.19. The molecule has 0 saturated carbocycles. The van der Waals surface area contributed by atoms with Crippen molar-refractivity contribution in [3.05, 3.63) is 59.7 Å². The lowest BCUT2D eigenvalue weighted by molar-refractivity contribution is -0.132. The van der Waals surface area contributed by atoms with Crippen LogP contribution in [0.3, 0.4) is 0 Å². The molecule has 1 fully saturated rings. The number of hydrogen-bond acceptors (Lipinski definition) is 5. The van der Waals surface area contributed by atoms with Gasteiger partial charge in [-0.2, -0.15) is 0 Å². The molecule has 6 heteroatoms. The lowest BCUT2D eigenvalue weighted by Crippen LogP contribution is -2.32. The summed E-state index contributed by atoms with van der Waals surface area (Å²) in [6.07, 6.45) is 2.05. The number of carbonyl (C=O) groups excluding carboxylic acids is 2. The van der Waals surface area contributed by atoms with Gasteiger partial charge in [-0.1, -0.05) is 30.3 Å². The molecule has 2 aromatic rings. The van der Waals surface area contributed by atoms with E-state index in [1.165, 1.54) is 6.07 Å². The average molecular weight is 354 g/mol. The van der Waals surface area contributed by atoms with Crippen LogP contribution in [0.2, 0.25) is 0 Å². The molecule has 3 rings (SSSR count). The smallest absolute Gasteiger partial charge is 0.338 e. The van der Waals surface area contributed by atoms with E-state index in [1.807, 2.05) is 30.3 Å². The van der Waals surface area contributed by atoms with Gasteiger partial charge in [-0.25, -0.2) is 4.79 Å². The molecule has 1 aliphatic heterocycles. The van der Waals surface area contributed by atoms with Crippen molar-refractivity contribution >= 4 is 17.6 Å². The summed E-state index contributed by atoms with van der Waals surface area (Å²) >= 11 is 0. The second-order valence-corrected chi connectivity index (χ2v) is 6.19. The van der Waals surface area contributed by atoms with Crippen molar-refractivity contribution in [3.63, 3.8) is 0 Å². The number of ether oxygens (including phenoxy) is 2. The third kappa shape index (κ3) is 4.53. The zero-order valence-corrected chi connectivity index (χ0v) is 14.5.